The Hall–Kier alpha value is -2.14. The average Bonchev–Trinajstić information content (AvgIpc) is 3.29. The van der Waals surface area contributed by atoms with E-state index >= 15 is 0 Å². The number of methoxy groups -OCH3 is 1. The Labute approximate surface area is 186 Å². The summed E-state index contributed by atoms with van der Waals surface area (Å²) in [5.41, 5.74) is 5.55. The maximum Gasteiger partial charge on any atom is 0.195 e. The van der Waals surface area contributed by atoms with Crippen molar-refractivity contribution >= 4 is 0 Å². The average molecular weight is 422 g/mol. The van der Waals surface area contributed by atoms with Crippen LogP contribution < -0.4 is 4.74 Å². The number of nitrogens with zero attached hydrogens (tertiary/aromatic N) is 1. The van der Waals surface area contributed by atoms with Crippen molar-refractivity contribution in [3.63, 3.8) is 0 Å². The van der Waals surface area contributed by atoms with Gasteiger partial charge in [0.25, 0.3) is 0 Å². The molecular weight excluding hydrogens is 386 g/mol. The molecule has 0 spiro atoms. The molecular formula is C27H35NO3. The lowest BCUT2D eigenvalue weighted by molar-refractivity contribution is -0.172. The molecule has 0 saturated carbocycles. The third-order valence-electron chi connectivity index (χ3n) is 6.89. The maximum atomic E-state index is 6.14. The summed E-state index contributed by atoms with van der Waals surface area (Å²) >= 11 is 0. The highest BCUT2D eigenvalue weighted by atomic mass is 16.7. The van der Waals surface area contributed by atoms with Crippen LogP contribution in [-0.2, 0) is 21.7 Å². The van der Waals surface area contributed by atoms with E-state index in [-0.39, 0.29) is 0 Å². The zero-order chi connectivity index (χ0) is 21.7. The van der Waals surface area contributed by atoms with Gasteiger partial charge in [0.2, 0.25) is 0 Å². The lowest BCUT2D eigenvalue weighted by atomic mass is 9.89. The monoisotopic (exact) mass is 421 g/mol. The lowest BCUT2D eigenvalue weighted by Crippen LogP contribution is -2.43. The van der Waals surface area contributed by atoms with E-state index in [0.29, 0.717) is 19.3 Å². The van der Waals surface area contributed by atoms with Gasteiger partial charge in [-0.05, 0) is 57.4 Å². The van der Waals surface area contributed by atoms with Crippen molar-refractivity contribution in [2.24, 2.45) is 0 Å². The normalized spacial score (nSPS) is 21.5. The second kappa shape index (κ2) is 9.99. The molecule has 0 bridgehead atoms. The van der Waals surface area contributed by atoms with Crippen LogP contribution in [0.4, 0.5) is 0 Å². The van der Waals surface area contributed by atoms with E-state index in [0.717, 1.165) is 50.1 Å². The van der Waals surface area contributed by atoms with Gasteiger partial charge in [-0.3, -0.25) is 4.90 Å². The van der Waals surface area contributed by atoms with Gasteiger partial charge in [0.05, 0.1) is 20.3 Å². The summed E-state index contributed by atoms with van der Waals surface area (Å²) in [5, 5.41) is 0. The largest absolute Gasteiger partial charge is 0.497 e. The van der Waals surface area contributed by atoms with Crippen LogP contribution in [0.3, 0.4) is 0 Å². The van der Waals surface area contributed by atoms with Crippen molar-refractivity contribution in [3.8, 4) is 5.75 Å². The Morgan fingerprint density at radius 1 is 1.00 bits per heavy atom. The quantitative estimate of drug-likeness (QED) is 0.539. The second-order valence-corrected chi connectivity index (χ2v) is 8.74. The van der Waals surface area contributed by atoms with Gasteiger partial charge in [-0.1, -0.05) is 53.6 Å². The SMILES string of the molecule is COc1ccc(CC2C(C)=C(C)CCN2CCCC2(c3ccccc3)OCCO2)cc1. The first-order valence-electron chi connectivity index (χ1n) is 11.5. The number of hydrogen-bond acceptors (Lipinski definition) is 4. The predicted octanol–water partition coefficient (Wildman–Crippen LogP) is 5.33. The molecule has 4 heteroatoms. The van der Waals surface area contributed by atoms with E-state index in [1.165, 1.54) is 16.7 Å². The molecule has 1 saturated heterocycles. The van der Waals surface area contributed by atoms with Crippen LogP contribution >= 0.6 is 0 Å². The molecule has 4 rings (SSSR count). The zero-order valence-corrected chi connectivity index (χ0v) is 19.1. The maximum absolute atomic E-state index is 6.14. The molecule has 0 N–H and O–H groups in total. The topological polar surface area (TPSA) is 30.9 Å². The fraction of sp³-hybridized carbons (Fsp3) is 0.481. The Balaban J connectivity index is 1.43. The molecule has 2 aliphatic heterocycles. The number of hydrogen-bond donors (Lipinski definition) is 0. The molecule has 4 nitrogen and oxygen atoms in total. The summed E-state index contributed by atoms with van der Waals surface area (Å²) in [5.74, 6) is 0.332. The highest BCUT2D eigenvalue weighted by Crippen LogP contribution is 2.36. The minimum absolute atomic E-state index is 0.445. The zero-order valence-electron chi connectivity index (χ0n) is 19.1. The molecule has 0 amide bonds. The van der Waals surface area contributed by atoms with Gasteiger partial charge in [0.1, 0.15) is 5.75 Å². The van der Waals surface area contributed by atoms with Gasteiger partial charge in [-0.15, -0.1) is 0 Å². The summed E-state index contributed by atoms with van der Waals surface area (Å²) in [6, 6.07) is 19.4. The fourth-order valence-corrected chi connectivity index (χ4v) is 4.87. The van der Waals surface area contributed by atoms with Crippen LogP contribution in [0.2, 0.25) is 0 Å². The van der Waals surface area contributed by atoms with Gasteiger partial charge >= 0.3 is 0 Å². The summed E-state index contributed by atoms with van der Waals surface area (Å²) in [7, 11) is 1.72. The molecule has 2 heterocycles. The molecule has 0 radical (unpaired) electrons. The van der Waals surface area contributed by atoms with Crippen LogP contribution in [0.15, 0.2) is 65.7 Å². The molecule has 2 aliphatic rings. The van der Waals surface area contributed by atoms with Crippen molar-refractivity contribution < 1.29 is 14.2 Å². The van der Waals surface area contributed by atoms with E-state index in [9.17, 15) is 0 Å². The summed E-state index contributed by atoms with van der Waals surface area (Å²) in [6.07, 6.45) is 4.11. The minimum Gasteiger partial charge on any atom is -0.497 e. The Morgan fingerprint density at radius 3 is 2.39 bits per heavy atom. The Kier molecular flexibility index (Phi) is 7.11. The van der Waals surface area contributed by atoms with E-state index in [4.69, 9.17) is 14.2 Å². The molecule has 1 fully saturated rings. The van der Waals surface area contributed by atoms with Gasteiger partial charge in [0.15, 0.2) is 5.79 Å². The van der Waals surface area contributed by atoms with E-state index < -0.39 is 5.79 Å². The first kappa shape index (κ1) is 22.1. The number of benzene rings is 2. The smallest absolute Gasteiger partial charge is 0.195 e. The molecule has 0 aliphatic carbocycles. The first-order chi connectivity index (χ1) is 15.1. The summed E-state index contributed by atoms with van der Waals surface area (Å²) < 4.78 is 17.6. The first-order valence-corrected chi connectivity index (χ1v) is 11.5. The molecule has 166 valence electrons. The van der Waals surface area contributed by atoms with Gasteiger partial charge in [-0.25, -0.2) is 0 Å². The summed E-state index contributed by atoms with van der Waals surface area (Å²) in [4.78, 5) is 2.65. The highest BCUT2D eigenvalue weighted by Gasteiger charge is 2.38. The van der Waals surface area contributed by atoms with E-state index in [2.05, 4.69) is 67.3 Å². The molecule has 0 aromatic heterocycles. The van der Waals surface area contributed by atoms with Crippen molar-refractivity contribution in [1.29, 1.82) is 0 Å². The van der Waals surface area contributed by atoms with E-state index in [1.54, 1.807) is 7.11 Å². The van der Waals surface area contributed by atoms with Crippen molar-refractivity contribution in [2.75, 3.05) is 33.4 Å². The third-order valence-corrected chi connectivity index (χ3v) is 6.89. The Bertz CT molecular complexity index is 869. The second-order valence-electron chi connectivity index (χ2n) is 8.74. The lowest BCUT2D eigenvalue weighted by Gasteiger charge is -2.38. The molecule has 1 unspecified atom stereocenters. The summed E-state index contributed by atoms with van der Waals surface area (Å²) in [6.45, 7) is 8.10. The van der Waals surface area contributed by atoms with Gasteiger partial charge in [-0.2, -0.15) is 0 Å². The van der Waals surface area contributed by atoms with Crippen molar-refractivity contribution in [3.05, 3.63) is 76.9 Å². The third kappa shape index (κ3) is 5.03. The predicted molar refractivity (Wildman–Crippen MR) is 124 cm³/mol. The van der Waals surface area contributed by atoms with Crippen LogP contribution in [0, 0.1) is 0 Å². The van der Waals surface area contributed by atoms with Crippen LogP contribution in [0.5, 0.6) is 5.75 Å². The van der Waals surface area contributed by atoms with Crippen molar-refractivity contribution in [2.45, 2.75) is 51.4 Å². The van der Waals surface area contributed by atoms with Crippen molar-refractivity contribution in [1.82, 2.24) is 4.90 Å². The fourth-order valence-electron chi connectivity index (χ4n) is 4.87. The van der Waals surface area contributed by atoms with Crippen LogP contribution in [-0.4, -0.2) is 44.4 Å². The minimum atomic E-state index is -0.580. The number of ether oxygens (including phenoxy) is 3. The van der Waals surface area contributed by atoms with Gasteiger partial charge < -0.3 is 14.2 Å². The molecule has 2 aromatic rings. The van der Waals surface area contributed by atoms with Gasteiger partial charge in [0, 0.05) is 24.6 Å². The van der Waals surface area contributed by atoms with Crippen LogP contribution in [0.1, 0.15) is 44.2 Å². The highest BCUT2D eigenvalue weighted by molar-refractivity contribution is 5.30. The Morgan fingerprint density at radius 2 is 1.71 bits per heavy atom. The molecule has 2 aromatic carbocycles. The molecule has 1 atom stereocenters. The molecule has 31 heavy (non-hydrogen) atoms. The van der Waals surface area contributed by atoms with Crippen LogP contribution in [0.25, 0.3) is 0 Å². The standard InChI is InChI=1S/C27H35NO3/c1-21-14-17-28(26(22(21)2)20-23-10-12-25(29-3)13-11-23)16-7-15-27(30-18-19-31-27)24-8-5-4-6-9-24/h4-6,8-13,26H,7,14-20H2,1-3H3. The van der Waals surface area contributed by atoms with E-state index in [1.807, 2.05) is 6.07 Å². The number of rotatable bonds is 8.